The van der Waals surface area contributed by atoms with E-state index in [4.69, 9.17) is 0 Å². The van der Waals surface area contributed by atoms with Crippen molar-refractivity contribution < 1.29 is 9.59 Å². The van der Waals surface area contributed by atoms with Crippen LogP contribution in [-0.2, 0) is 22.6 Å². The number of anilines is 1. The number of thiophene rings is 1. The van der Waals surface area contributed by atoms with Crippen LogP contribution >= 0.6 is 22.7 Å². The van der Waals surface area contributed by atoms with E-state index in [-0.39, 0.29) is 11.8 Å². The molecule has 2 amide bonds. The average Bonchev–Trinajstić information content (AvgIpc) is 3.25. The number of hydrogen-bond acceptors (Lipinski definition) is 5. The van der Waals surface area contributed by atoms with Gasteiger partial charge in [0.05, 0.1) is 17.1 Å². The van der Waals surface area contributed by atoms with E-state index < -0.39 is 0 Å². The molecule has 0 saturated heterocycles. The summed E-state index contributed by atoms with van der Waals surface area (Å²) in [4.78, 5) is 31.0. The van der Waals surface area contributed by atoms with E-state index in [9.17, 15) is 9.59 Å². The first-order valence-corrected chi connectivity index (χ1v) is 10.3. The Hall–Kier alpha value is -2.51. The number of carbonyl (C=O) groups excluding carboxylic acids is 2. The maximum Gasteiger partial charge on any atom is 0.226 e. The summed E-state index contributed by atoms with van der Waals surface area (Å²) in [6, 6.07) is 14.0. The van der Waals surface area contributed by atoms with Crippen LogP contribution in [0.2, 0.25) is 0 Å². The summed E-state index contributed by atoms with van der Waals surface area (Å²) >= 11 is 3.08. The highest BCUT2D eigenvalue weighted by molar-refractivity contribution is 7.18. The maximum absolute atomic E-state index is 12.2. The van der Waals surface area contributed by atoms with Crippen molar-refractivity contribution in [3.05, 3.63) is 57.8 Å². The first-order chi connectivity index (χ1) is 13.0. The molecule has 1 aromatic carbocycles. The van der Waals surface area contributed by atoms with Crippen molar-refractivity contribution in [1.29, 1.82) is 0 Å². The summed E-state index contributed by atoms with van der Waals surface area (Å²) in [5.74, 6) is -0.0769. The van der Waals surface area contributed by atoms with E-state index in [2.05, 4.69) is 15.6 Å². The van der Waals surface area contributed by atoms with Gasteiger partial charge in [0.15, 0.2) is 5.13 Å². The first kappa shape index (κ1) is 19.3. The molecule has 0 aliphatic rings. The molecule has 2 heterocycles. The zero-order valence-corrected chi connectivity index (χ0v) is 16.9. The molecule has 3 aromatic rings. The van der Waals surface area contributed by atoms with Crippen LogP contribution in [0, 0.1) is 6.92 Å². The minimum absolute atomic E-state index is 0.0309. The highest BCUT2D eigenvalue weighted by atomic mass is 32.1. The normalized spacial score (nSPS) is 10.6. The Kier molecular flexibility index (Phi) is 6.36. The van der Waals surface area contributed by atoms with Gasteiger partial charge in [-0.3, -0.25) is 9.59 Å². The van der Waals surface area contributed by atoms with Crippen LogP contribution in [0.4, 0.5) is 5.13 Å². The summed E-state index contributed by atoms with van der Waals surface area (Å²) in [5.41, 5.74) is 2.03. The molecule has 2 aromatic heterocycles. The summed E-state index contributed by atoms with van der Waals surface area (Å²) in [7, 11) is 0. The standard InChI is InChI=1S/C20H21N3O2S2/c1-13-19(17-10-9-16(27-17)12-21-14(2)24)23-20(26-13)22-18(25)11-8-15-6-4-3-5-7-15/h3-7,9-10H,8,11-12H2,1-2H3,(H,21,24)(H,22,23,25). The molecule has 0 aliphatic heterocycles. The van der Waals surface area contributed by atoms with Gasteiger partial charge in [0.25, 0.3) is 0 Å². The summed E-state index contributed by atoms with van der Waals surface area (Å²) in [5, 5.41) is 6.33. The van der Waals surface area contributed by atoms with Crippen LogP contribution in [0.3, 0.4) is 0 Å². The molecular formula is C20H21N3O2S2. The van der Waals surface area contributed by atoms with Crippen LogP contribution in [0.15, 0.2) is 42.5 Å². The monoisotopic (exact) mass is 399 g/mol. The van der Waals surface area contributed by atoms with E-state index in [1.807, 2.05) is 49.4 Å². The van der Waals surface area contributed by atoms with Crippen LogP contribution in [0.5, 0.6) is 0 Å². The zero-order chi connectivity index (χ0) is 19.2. The first-order valence-electron chi connectivity index (χ1n) is 8.66. The fourth-order valence-electron chi connectivity index (χ4n) is 2.57. The molecule has 3 rings (SSSR count). The van der Waals surface area contributed by atoms with Gasteiger partial charge >= 0.3 is 0 Å². The van der Waals surface area contributed by atoms with Crippen molar-refractivity contribution in [2.45, 2.75) is 33.2 Å². The molecule has 0 fully saturated rings. The van der Waals surface area contributed by atoms with E-state index in [0.717, 1.165) is 25.9 Å². The van der Waals surface area contributed by atoms with Crippen molar-refractivity contribution in [3.8, 4) is 10.6 Å². The molecule has 5 nitrogen and oxygen atoms in total. The Morgan fingerprint density at radius 1 is 1.07 bits per heavy atom. The lowest BCUT2D eigenvalue weighted by Gasteiger charge is -2.02. The fraction of sp³-hybridized carbons (Fsp3) is 0.250. The Labute approximate surface area is 166 Å². The Morgan fingerprint density at radius 3 is 2.59 bits per heavy atom. The van der Waals surface area contributed by atoms with Crippen LogP contribution < -0.4 is 10.6 Å². The highest BCUT2D eigenvalue weighted by Gasteiger charge is 2.14. The van der Waals surface area contributed by atoms with Gasteiger partial charge < -0.3 is 10.6 Å². The average molecular weight is 400 g/mol. The van der Waals surface area contributed by atoms with E-state index in [1.54, 1.807) is 11.3 Å². The molecule has 0 spiro atoms. The van der Waals surface area contributed by atoms with Gasteiger partial charge in [0.2, 0.25) is 11.8 Å². The second-order valence-corrected chi connectivity index (χ2v) is 8.50. The largest absolute Gasteiger partial charge is 0.351 e. The lowest BCUT2D eigenvalue weighted by Crippen LogP contribution is -2.17. The number of aryl methyl sites for hydroxylation is 2. The number of nitrogens with zero attached hydrogens (tertiary/aromatic N) is 1. The third-order valence-corrected chi connectivity index (χ3v) is 5.91. The zero-order valence-electron chi connectivity index (χ0n) is 15.2. The number of thiazole rings is 1. The molecule has 0 unspecified atom stereocenters. The van der Waals surface area contributed by atoms with Crippen LogP contribution in [-0.4, -0.2) is 16.8 Å². The number of benzene rings is 1. The number of rotatable bonds is 7. The lowest BCUT2D eigenvalue weighted by molar-refractivity contribution is -0.119. The quantitative estimate of drug-likeness (QED) is 0.619. The van der Waals surface area contributed by atoms with Crippen molar-refractivity contribution in [3.63, 3.8) is 0 Å². The SMILES string of the molecule is CC(=O)NCc1ccc(-c2nc(NC(=O)CCc3ccccc3)sc2C)s1. The van der Waals surface area contributed by atoms with Gasteiger partial charge in [-0.25, -0.2) is 4.98 Å². The molecule has 0 saturated carbocycles. The van der Waals surface area contributed by atoms with E-state index in [0.29, 0.717) is 24.5 Å². The predicted octanol–water partition coefficient (Wildman–Crippen LogP) is 4.39. The number of carbonyl (C=O) groups is 2. The van der Waals surface area contributed by atoms with Crippen molar-refractivity contribution in [2.75, 3.05) is 5.32 Å². The number of hydrogen-bond donors (Lipinski definition) is 2. The van der Waals surface area contributed by atoms with Gasteiger partial charge in [-0.2, -0.15) is 0 Å². The fourth-order valence-corrected chi connectivity index (χ4v) is 4.48. The van der Waals surface area contributed by atoms with Gasteiger partial charge in [0.1, 0.15) is 0 Å². The van der Waals surface area contributed by atoms with Crippen molar-refractivity contribution in [1.82, 2.24) is 10.3 Å². The molecule has 7 heteroatoms. The van der Waals surface area contributed by atoms with Crippen LogP contribution in [0.25, 0.3) is 10.6 Å². The van der Waals surface area contributed by atoms with Crippen molar-refractivity contribution >= 4 is 39.6 Å². The lowest BCUT2D eigenvalue weighted by atomic mass is 10.1. The molecule has 0 aliphatic carbocycles. The highest BCUT2D eigenvalue weighted by Crippen LogP contribution is 2.34. The smallest absolute Gasteiger partial charge is 0.226 e. The molecule has 2 N–H and O–H groups in total. The molecule has 0 radical (unpaired) electrons. The second-order valence-electron chi connectivity index (χ2n) is 6.13. The van der Waals surface area contributed by atoms with Gasteiger partial charge in [-0.1, -0.05) is 30.3 Å². The summed E-state index contributed by atoms with van der Waals surface area (Å²) < 4.78 is 0. The summed E-state index contributed by atoms with van der Waals surface area (Å²) in [6.45, 7) is 4.03. The second kappa shape index (κ2) is 8.92. The van der Waals surface area contributed by atoms with Gasteiger partial charge in [0, 0.05) is 23.1 Å². The van der Waals surface area contributed by atoms with Gasteiger partial charge in [-0.05, 0) is 31.0 Å². The Morgan fingerprint density at radius 2 is 1.85 bits per heavy atom. The number of amides is 2. The third kappa shape index (κ3) is 5.48. The molecule has 0 atom stereocenters. The summed E-state index contributed by atoms with van der Waals surface area (Å²) in [6.07, 6.45) is 1.14. The third-order valence-electron chi connectivity index (χ3n) is 3.93. The molecular weight excluding hydrogens is 378 g/mol. The number of aromatic nitrogens is 1. The minimum Gasteiger partial charge on any atom is -0.351 e. The van der Waals surface area contributed by atoms with E-state index >= 15 is 0 Å². The topological polar surface area (TPSA) is 71.1 Å². The van der Waals surface area contributed by atoms with Gasteiger partial charge in [-0.15, -0.1) is 22.7 Å². The van der Waals surface area contributed by atoms with Crippen LogP contribution in [0.1, 0.15) is 28.7 Å². The predicted molar refractivity (Wildman–Crippen MR) is 111 cm³/mol. The Balaban J connectivity index is 1.60. The molecule has 0 bridgehead atoms. The number of nitrogens with one attached hydrogen (secondary N) is 2. The minimum atomic E-state index is -0.0460. The van der Waals surface area contributed by atoms with Crippen molar-refractivity contribution in [2.24, 2.45) is 0 Å². The molecule has 140 valence electrons. The van der Waals surface area contributed by atoms with E-state index in [1.165, 1.54) is 18.3 Å². The Bertz CT molecular complexity index is 932. The molecule has 27 heavy (non-hydrogen) atoms. The maximum atomic E-state index is 12.2.